The highest BCUT2D eigenvalue weighted by atomic mass is 19.1. The Morgan fingerprint density at radius 2 is 1.91 bits per heavy atom. The number of carbonyl (C=O) groups excluding carboxylic acids is 2. The molecule has 3 heterocycles. The summed E-state index contributed by atoms with van der Waals surface area (Å²) >= 11 is 0. The van der Waals surface area contributed by atoms with E-state index < -0.39 is 5.82 Å². The van der Waals surface area contributed by atoms with Crippen LogP contribution >= 0.6 is 0 Å². The highest BCUT2D eigenvalue weighted by Gasteiger charge is 2.31. The molecule has 2 amide bonds. The number of nitrogens with one attached hydrogen (secondary N) is 1. The first-order valence-electron chi connectivity index (χ1n) is 11.9. The van der Waals surface area contributed by atoms with Crippen molar-refractivity contribution in [1.82, 2.24) is 19.7 Å². The molecule has 34 heavy (non-hydrogen) atoms. The van der Waals surface area contributed by atoms with Gasteiger partial charge in [-0.15, -0.1) is 10.2 Å². The molecule has 0 saturated heterocycles. The minimum Gasteiger partial charge on any atom is -0.335 e. The molecule has 1 aromatic heterocycles. The van der Waals surface area contributed by atoms with Crippen LogP contribution < -0.4 is 5.32 Å². The van der Waals surface area contributed by atoms with Gasteiger partial charge in [-0.05, 0) is 48.6 Å². The first kappa shape index (κ1) is 22.3. The number of fused-ring (bicyclic) bond motifs is 2. The summed E-state index contributed by atoms with van der Waals surface area (Å²) in [6.45, 7) is 2.91. The molecule has 3 aromatic rings. The largest absolute Gasteiger partial charge is 0.335 e. The second-order valence-corrected chi connectivity index (χ2v) is 9.03. The van der Waals surface area contributed by atoms with E-state index in [-0.39, 0.29) is 30.0 Å². The molecule has 5 rings (SSSR count). The van der Waals surface area contributed by atoms with Gasteiger partial charge in [0, 0.05) is 32.0 Å². The van der Waals surface area contributed by atoms with Crippen LogP contribution in [0.5, 0.6) is 0 Å². The van der Waals surface area contributed by atoms with Gasteiger partial charge < -0.3 is 14.8 Å². The van der Waals surface area contributed by atoms with E-state index in [9.17, 15) is 14.0 Å². The Bertz CT molecular complexity index is 1240. The van der Waals surface area contributed by atoms with Crippen LogP contribution in [-0.4, -0.2) is 38.0 Å². The van der Waals surface area contributed by atoms with Gasteiger partial charge in [-0.1, -0.05) is 30.7 Å². The fraction of sp³-hybridized carbons (Fsp3) is 0.385. The number of aryl methyl sites for hydroxylation is 1. The standard InChI is InChI=1S/C26H28FN5O2/c1-17(33)31-14-12-18-7-4-5-8-20(18)23(31)16-25(34)28-22-15-19(10-11-21(22)27)26-30-29-24-9-3-2-6-13-32(24)26/h4-5,7-8,10-11,15,23H,2-3,6,9,12-14,16H2,1H3,(H,28,34). The predicted octanol–water partition coefficient (Wildman–Crippen LogP) is 4.29. The second-order valence-electron chi connectivity index (χ2n) is 9.03. The summed E-state index contributed by atoms with van der Waals surface area (Å²) in [6, 6.07) is 12.1. The number of amides is 2. The van der Waals surface area contributed by atoms with Gasteiger partial charge in [-0.25, -0.2) is 4.39 Å². The van der Waals surface area contributed by atoms with E-state index >= 15 is 0 Å². The lowest BCUT2D eigenvalue weighted by atomic mass is 9.90. The highest BCUT2D eigenvalue weighted by Crippen LogP contribution is 2.33. The molecule has 2 aliphatic heterocycles. The van der Waals surface area contributed by atoms with Crippen molar-refractivity contribution in [2.75, 3.05) is 11.9 Å². The maximum Gasteiger partial charge on any atom is 0.226 e. The summed E-state index contributed by atoms with van der Waals surface area (Å²) in [5.41, 5.74) is 2.93. The Balaban J connectivity index is 1.38. The lowest BCUT2D eigenvalue weighted by Crippen LogP contribution is -2.40. The number of carbonyl (C=O) groups is 2. The van der Waals surface area contributed by atoms with Gasteiger partial charge in [0.05, 0.1) is 18.2 Å². The zero-order valence-corrected chi connectivity index (χ0v) is 19.3. The van der Waals surface area contributed by atoms with Crippen molar-refractivity contribution in [1.29, 1.82) is 0 Å². The van der Waals surface area contributed by atoms with Crippen molar-refractivity contribution < 1.29 is 14.0 Å². The van der Waals surface area contributed by atoms with Crippen LogP contribution in [0.4, 0.5) is 10.1 Å². The average Bonchev–Trinajstić information content (AvgIpc) is 3.08. The Hall–Kier alpha value is -3.55. The smallest absolute Gasteiger partial charge is 0.226 e. The highest BCUT2D eigenvalue weighted by molar-refractivity contribution is 5.92. The van der Waals surface area contributed by atoms with Gasteiger partial charge in [-0.2, -0.15) is 0 Å². The quantitative estimate of drug-likeness (QED) is 0.629. The molecule has 0 saturated carbocycles. The monoisotopic (exact) mass is 461 g/mol. The Morgan fingerprint density at radius 1 is 1.06 bits per heavy atom. The number of halogens is 1. The Labute approximate surface area is 198 Å². The third kappa shape index (κ3) is 4.32. The van der Waals surface area contributed by atoms with Crippen LogP contribution in [0, 0.1) is 5.82 Å². The topological polar surface area (TPSA) is 80.1 Å². The predicted molar refractivity (Wildman–Crippen MR) is 126 cm³/mol. The summed E-state index contributed by atoms with van der Waals surface area (Å²) in [6.07, 6.45) is 4.99. The molecule has 1 atom stereocenters. The molecule has 0 fully saturated rings. The fourth-order valence-corrected chi connectivity index (χ4v) is 5.08. The third-order valence-corrected chi connectivity index (χ3v) is 6.80. The second kappa shape index (κ2) is 9.37. The molecule has 1 N–H and O–H groups in total. The van der Waals surface area contributed by atoms with Crippen molar-refractivity contribution in [3.63, 3.8) is 0 Å². The van der Waals surface area contributed by atoms with Crippen molar-refractivity contribution in [2.24, 2.45) is 0 Å². The maximum atomic E-state index is 14.7. The number of benzene rings is 2. The lowest BCUT2D eigenvalue weighted by Gasteiger charge is -2.36. The van der Waals surface area contributed by atoms with Crippen LogP contribution in [0.15, 0.2) is 42.5 Å². The zero-order chi connectivity index (χ0) is 23.7. The molecule has 7 nitrogen and oxygen atoms in total. The Morgan fingerprint density at radius 3 is 2.76 bits per heavy atom. The van der Waals surface area contributed by atoms with Crippen LogP contribution in [0.25, 0.3) is 11.4 Å². The van der Waals surface area contributed by atoms with E-state index in [0.717, 1.165) is 55.6 Å². The minimum atomic E-state index is -0.514. The summed E-state index contributed by atoms with van der Waals surface area (Å²) in [4.78, 5) is 27.0. The maximum absolute atomic E-state index is 14.7. The lowest BCUT2D eigenvalue weighted by molar-refractivity contribution is -0.132. The van der Waals surface area contributed by atoms with Crippen molar-refractivity contribution in [3.05, 3.63) is 65.2 Å². The van der Waals surface area contributed by atoms with Gasteiger partial charge >= 0.3 is 0 Å². The molecular formula is C26H28FN5O2. The fourth-order valence-electron chi connectivity index (χ4n) is 5.08. The van der Waals surface area contributed by atoms with Crippen molar-refractivity contribution in [2.45, 2.75) is 58.0 Å². The molecular weight excluding hydrogens is 433 g/mol. The van der Waals surface area contributed by atoms with Crippen LogP contribution in [-0.2, 0) is 29.0 Å². The number of hydrogen-bond acceptors (Lipinski definition) is 4. The van der Waals surface area contributed by atoms with Crippen LogP contribution in [0.1, 0.15) is 55.6 Å². The number of rotatable bonds is 4. The third-order valence-electron chi connectivity index (χ3n) is 6.80. The Kier molecular flexibility index (Phi) is 6.13. The van der Waals surface area contributed by atoms with E-state index in [1.165, 1.54) is 13.0 Å². The van der Waals surface area contributed by atoms with Gasteiger partial charge in [0.1, 0.15) is 11.6 Å². The van der Waals surface area contributed by atoms with Gasteiger partial charge in [-0.3, -0.25) is 9.59 Å². The summed E-state index contributed by atoms with van der Waals surface area (Å²) in [5, 5.41) is 11.4. The molecule has 8 heteroatoms. The zero-order valence-electron chi connectivity index (χ0n) is 19.3. The SMILES string of the molecule is CC(=O)N1CCc2ccccc2C1CC(=O)Nc1cc(-c2nnc3n2CCCCC3)ccc1F. The number of nitrogens with zero attached hydrogens (tertiary/aromatic N) is 4. The average molecular weight is 462 g/mol. The summed E-state index contributed by atoms with van der Waals surface area (Å²) in [7, 11) is 0. The molecule has 0 bridgehead atoms. The minimum absolute atomic E-state index is 0.0561. The van der Waals surface area contributed by atoms with Crippen LogP contribution in [0.3, 0.4) is 0 Å². The van der Waals surface area contributed by atoms with E-state index in [4.69, 9.17) is 0 Å². The molecule has 2 aromatic carbocycles. The molecule has 0 spiro atoms. The molecule has 1 unspecified atom stereocenters. The first-order chi connectivity index (χ1) is 16.5. The van der Waals surface area contributed by atoms with Crippen molar-refractivity contribution >= 4 is 17.5 Å². The van der Waals surface area contributed by atoms with E-state index in [1.807, 2.05) is 24.3 Å². The molecule has 0 radical (unpaired) electrons. The normalized spacial score (nSPS) is 17.5. The summed E-state index contributed by atoms with van der Waals surface area (Å²) < 4.78 is 16.8. The number of aromatic nitrogens is 3. The molecule has 176 valence electrons. The molecule has 0 aliphatic carbocycles. The van der Waals surface area contributed by atoms with Crippen LogP contribution in [0.2, 0.25) is 0 Å². The molecule has 2 aliphatic rings. The number of anilines is 1. The summed E-state index contributed by atoms with van der Waals surface area (Å²) in [5.74, 6) is 0.705. The number of hydrogen-bond donors (Lipinski definition) is 1. The first-order valence-corrected chi connectivity index (χ1v) is 11.9. The van der Waals surface area contributed by atoms with Crippen molar-refractivity contribution in [3.8, 4) is 11.4 Å². The van der Waals surface area contributed by atoms with Gasteiger partial charge in [0.15, 0.2) is 5.82 Å². The van der Waals surface area contributed by atoms with E-state index in [0.29, 0.717) is 17.9 Å². The van der Waals surface area contributed by atoms with Gasteiger partial charge in [0.25, 0.3) is 0 Å². The van der Waals surface area contributed by atoms with Gasteiger partial charge in [0.2, 0.25) is 11.8 Å². The van der Waals surface area contributed by atoms with E-state index in [2.05, 4.69) is 20.1 Å². The van der Waals surface area contributed by atoms with E-state index in [1.54, 1.807) is 17.0 Å².